The molecule has 0 radical (unpaired) electrons. The number of ether oxygens (including phenoxy) is 2. The second-order valence-corrected chi connectivity index (χ2v) is 7.03. The average molecular weight is 377 g/mol. The normalized spacial score (nSPS) is 17.8. The molecule has 3 aromatic rings. The number of para-hydroxylation sites is 2. The van der Waals surface area contributed by atoms with E-state index in [0.717, 1.165) is 25.1 Å². The molecule has 7 nitrogen and oxygen atoms in total. The molecule has 2 aliphatic rings. The summed E-state index contributed by atoms with van der Waals surface area (Å²) in [6.07, 6.45) is 2.10. The molecule has 0 unspecified atom stereocenters. The Morgan fingerprint density at radius 3 is 2.89 bits per heavy atom. The number of nitrogens with zero attached hydrogens (tertiary/aromatic N) is 2. The fraction of sp³-hybridized carbons (Fsp3) is 0.286. The molecule has 1 atom stereocenters. The Balaban J connectivity index is 1.40. The first-order valence-electron chi connectivity index (χ1n) is 9.42. The molecule has 1 N–H and O–H groups in total. The number of hydrogen-bond donors (Lipinski definition) is 1. The summed E-state index contributed by atoms with van der Waals surface area (Å²) in [7, 11) is 0. The molecule has 2 aliphatic heterocycles. The zero-order valence-corrected chi connectivity index (χ0v) is 15.2. The minimum Gasteiger partial charge on any atom is -0.485 e. The van der Waals surface area contributed by atoms with Crippen molar-refractivity contribution in [2.45, 2.75) is 31.9 Å². The summed E-state index contributed by atoms with van der Waals surface area (Å²) >= 11 is 0. The first kappa shape index (κ1) is 16.8. The lowest BCUT2D eigenvalue weighted by Gasteiger charge is -2.25. The van der Waals surface area contributed by atoms with Crippen LogP contribution in [0.1, 0.15) is 18.7 Å². The molecule has 28 heavy (non-hydrogen) atoms. The molecule has 0 saturated carbocycles. The van der Waals surface area contributed by atoms with E-state index < -0.39 is 6.10 Å². The molecule has 1 amide bonds. The molecule has 142 valence electrons. The quantitative estimate of drug-likeness (QED) is 0.742. The molecule has 3 heterocycles. The fourth-order valence-electron chi connectivity index (χ4n) is 3.69. The Labute approximate surface area is 160 Å². The molecule has 0 bridgehead atoms. The van der Waals surface area contributed by atoms with Crippen LogP contribution in [-0.2, 0) is 17.8 Å². The average Bonchev–Trinajstić information content (AvgIpc) is 2.74. The first-order chi connectivity index (χ1) is 13.7. The third kappa shape index (κ3) is 2.89. The lowest BCUT2D eigenvalue weighted by molar-refractivity contribution is -0.125. The third-order valence-electron chi connectivity index (χ3n) is 5.13. The second kappa shape index (κ2) is 6.67. The maximum Gasteiger partial charge on any atom is 0.269 e. The highest BCUT2D eigenvalue weighted by Crippen LogP contribution is 2.31. The number of anilines is 1. The molecule has 7 heteroatoms. The molecule has 0 saturated heterocycles. The lowest BCUT2D eigenvalue weighted by atomic mass is 10.1. The van der Waals surface area contributed by atoms with Crippen LogP contribution >= 0.6 is 0 Å². The van der Waals surface area contributed by atoms with E-state index in [0.29, 0.717) is 34.6 Å². The fourth-order valence-corrected chi connectivity index (χ4v) is 3.69. The predicted molar refractivity (Wildman–Crippen MR) is 104 cm³/mol. The van der Waals surface area contributed by atoms with Gasteiger partial charge in [0.25, 0.3) is 11.5 Å². The van der Waals surface area contributed by atoms with Crippen LogP contribution in [0.4, 0.5) is 5.69 Å². The van der Waals surface area contributed by atoms with E-state index in [-0.39, 0.29) is 18.1 Å². The third-order valence-corrected chi connectivity index (χ3v) is 5.13. The van der Waals surface area contributed by atoms with Crippen LogP contribution in [0.2, 0.25) is 0 Å². The van der Waals surface area contributed by atoms with E-state index in [1.54, 1.807) is 34.9 Å². The number of carbonyl (C=O) groups is 1. The molecule has 2 aromatic carbocycles. The Bertz CT molecular complexity index is 1140. The predicted octanol–water partition coefficient (Wildman–Crippen LogP) is 2.51. The van der Waals surface area contributed by atoms with Crippen molar-refractivity contribution in [1.29, 1.82) is 0 Å². The molecular weight excluding hydrogens is 358 g/mol. The van der Waals surface area contributed by atoms with Crippen LogP contribution in [0.5, 0.6) is 11.5 Å². The summed E-state index contributed by atoms with van der Waals surface area (Å²) in [6, 6.07) is 12.5. The number of aryl methyl sites for hydroxylation is 1. The Morgan fingerprint density at radius 2 is 2.00 bits per heavy atom. The van der Waals surface area contributed by atoms with Crippen molar-refractivity contribution in [2.24, 2.45) is 0 Å². The first-order valence-corrected chi connectivity index (χ1v) is 9.42. The van der Waals surface area contributed by atoms with Crippen LogP contribution in [0.15, 0.2) is 47.3 Å². The van der Waals surface area contributed by atoms with Gasteiger partial charge in [0.15, 0.2) is 11.5 Å². The summed E-state index contributed by atoms with van der Waals surface area (Å²) in [5.41, 5.74) is 1.14. The number of hydrogen-bond acceptors (Lipinski definition) is 5. The summed E-state index contributed by atoms with van der Waals surface area (Å²) in [5, 5.41) is 3.33. The van der Waals surface area contributed by atoms with Gasteiger partial charge in [-0.3, -0.25) is 14.2 Å². The number of rotatable bonds is 2. The van der Waals surface area contributed by atoms with E-state index in [1.807, 2.05) is 12.1 Å². The van der Waals surface area contributed by atoms with Crippen molar-refractivity contribution in [3.05, 3.63) is 58.6 Å². The van der Waals surface area contributed by atoms with Gasteiger partial charge in [-0.1, -0.05) is 12.1 Å². The standard InChI is InChI=1S/C21H19N3O4/c25-20(18-12-27-16-5-1-2-6-17(16)28-18)22-13-8-9-15-14(11-13)21(26)24-10-4-3-7-19(24)23-15/h1-2,5-6,8-9,11,18H,3-4,7,10,12H2,(H,22,25)/t18-/m1/s1. The van der Waals surface area contributed by atoms with E-state index >= 15 is 0 Å². The maximum absolute atomic E-state index is 12.8. The minimum absolute atomic E-state index is 0.0537. The van der Waals surface area contributed by atoms with Gasteiger partial charge in [-0.25, -0.2) is 4.98 Å². The van der Waals surface area contributed by atoms with Crippen LogP contribution in [0.25, 0.3) is 10.9 Å². The second-order valence-electron chi connectivity index (χ2n) is 7.03. The zero-order valence-electron chi connectivity index (χ0n) is 15.2. The van der Waals surface area contributed by atoms with Crippen LogP contribution in [0, 0.1) is 0 Å². The Kier molecular flexibility index (Phi) is 4.00. The highest BCUT2D eigenvalue weighted by atomic mass is 16.6. The molecular formula is C21H19N3O4. The van der Waals surface area contributed by atoms with Crippen molar-refractivity contribution in [1.82, 2.24) is 9.55 Å². The van der Waals surface area contributed by atoms with Crippen molar-refractivity contribution in [3.63, 3.8) is 0 Å². The van der Waals surface area contributed by atoms with Gasteiger partial charge in [0, 0.05) is 18.7 Å². The largest absolute Gasteiger partial charge is 0.485 e. The lowest BCUT2D eigenvalue weighted by Crippen LogP contribution is -2.40. The van der Waals surface area contributed by atoms with Crippen molar-refractivity contribution in [2.75, 3.05) is 11.9 Å². The van der Waals surface area contributed by atoms with Crippen LogP contribution in [0.3, 0.4) is 0 Å². The summed E-state index contributed by atoms with van der Waals surface area (Å²) in [5.74, 6) is 1.69. The molecule has 1 aromatic heterocycles. The number of benzene rings is 2. The molecule has 0 spiro atoms. The zero-order chi connectivity index (χ0) is 19.1. The number of fused-ring (bicyclic) bond motifs is 3. The van der Waals surface area contributed by atoms with Gasteiger partial charge >= 0.3 is 0 Å². The number of aromatic nitrogens is 2. The van der Waals surface area contributed by atoms with Gasteiger partial charge in [-0.15, -0.1) is 0 Å². The van der Waals surface area contributed by atoms with E-state index in [2.05, 4.69) is 10.3 Å². The maximum atomic E-state index is 12.8. The molecule has 0 aliphatic carbocycles. The van der Waals surface area contributed by atoms with Crippen molar-refractivity contribution < 1.29 is 14.3 Å². The van der Waals surface area contributed by atoms with Gasteiger partial charge in [-0.05, 0) is 43.2 Å². The van der Waals surface area contributed by atoms with Gasteiger partial charge in [-0.2, -0.15) is 0 Å². The van der Waals surface area contributed by atoms with Gasteiger partial charge < -0.3 is 14.8 Å². The number of carbonyl (C=O) groups excluding carboxylic acids is 1. The Hall–Kier alpha value is -3.35. The van der Waals surface area contributed by atoms with Gasteiger partial charge in [0.05, 0.1) is 10.9 Å². The summed E-state index contributed by atoms with van der Waals surface area (Å²) in [4.78, 5) is 30.0. The summed E-state index contributed by atoms with van der Waals surface area (Å²) in [6.45, 7) is 0.828. The van der Waals surface area contributed by atoms with Gasteiger partial charge in [0.1, 0.15) is 12.4 Å². The van der Waals surface area contributed by atoms with Crippen molar-refractivity contribution in [3.8, 4) is 11.5 Å². The number of amides is 1. The topological polar surface area (TPSA) is 82.5 Å². The summed E-state index contributed by atoms with van der Waals surface area (Å²) < 4.78 is 13.1. The van der Waals surface area contributed by atoms with E-state index in [9.17, 15) is 9.59 Å². The monoisotopic (exact) mass is 377 g/mol. The Morgan fingerprint density at radius 1 is 1.14 bits per heavy atom. The highest BCUT2D eigenvalue weighted by molar-refractivity contribution is 5.96. The van der Waals surface area contributed by atoms with Crippen molar-refractivity contribution >= 4 is 22.5 Å². The molecule has 0 fully saturated rings. The molecule has 5 rings (SSSR count). The minimum atomic E-state index is -0.756. The highest BCUT2D eigenvalue weighted by Gasteiger charge is 2.27. The smallest absolute Gasteiger partial charge is 0.269 e. The van der Waals surface area contributed by atoms with Crippen LogP contribution < -0.4 is 20.3 Å². The van der Waals surface area contributed by atoms with Gasteiger partial charge in [0.2, 0.25) is 6.10 Å². The number of nitrogens with one attached hydrogen (secondary N) is 1. The van der Waals surface area contributed by atoms with E-state index in [1.165, 1.54) is 0 Å². The van der Waals surface area contributed by atoms with E-state index in [4.69, 9.17) is 9.47 Å². The SMILES string of the molecule is O=C(Nc1ccc2nc3n(c(=O)c2c1)CCCC3)[C@H]1COc2ccccc2O1. The van der Waals surface area contributed by atoms with Crippen LogP contribution in [-0.4, -0.2) is 28.2 Å².